The summed E-state index contributed by atoms with van der Waals surface area (Å²) in [5.74, 6) is 2.94. The first-order chi connectivity index (χ1) is 16.9. The highest BCUT2D eigenvalue weighted by Crippen LogP contribution is 2.60. The molecule has 0 N–H and O–H groups in total. The van der Waals surface area contributed by atoms with E-state index < -0.39 is 0 Å². The van der Waals surface area contributed by atoms with Gasteiger partial charge in [-0.15, -0.1) is 0 Å². The molecule has 5 nitrogen and oxygen atoms in total. The summed E-state index contributed by atoms with van der Waals surface area (Å²) in [5.41, 5.74) is 0.520. The zero-order valence-electron chi connectivity index (χ0n) is 20.3. The van der Waals surface area contributed by atoms with Crippen molar-refractivity contribution in [2.24, 2.45) is 23.2 Å². The molecule has 6 fully saturated rings. The summed E-state index contributed by atoms with van der Waals surface area (Å²) in [6, 6.07) is 5.75. The van der Waals surface area contributed by atoms with E-state index in [0.29, 0.717) is 38.5 Å². The smallest absolute Gasteiger partial charge is 0.317 e. The molecule has 35 heavy (non-hydrogen) atoms. The lowest BCUT2D eigenvalue weighted by Crippen LogP contribution is -2.51. The van der Waals surface area contributed by atoms with Crippen LogP contribution in [0.2, 0.25) is 0 Å². The number of methoxy groups -OCH3 is 1. The van der Waals surface area contributed by atoms with E-state index >= 15 is 0 Å². The van der Waals surface area contributed by atoms with Crippen LogP contribution in [0.4, 0.5) is 0 Å². The van der Waals surface area contributed by atoms with Gasteiger partial charge in [0.25, 0.3) is 5.91 Å². The molecule has 0 aromatic heterocycles. The Morgan fingerprint density at radius 2 is 1.71 bits per heavy atom. The van der Waals surface area contributed by atoms with Crippen molar-refractivity contribution in [1.29, 1.82) is 0 Å². The number of thiocarbonyl (C=S) groups is 1. The lowest BCUT2D eigenvalue weighted by Gasteiger charge is -2.55. The fourth-order valence-corrected chi connectivity index (χ4v) is 9.11. The van der Waals surface area contributed by atoms with E-state index in [2.05, 4.69) is 0 Å². The zero-order chi connectivity index (χ0) is 24.2. The Balaban J connectivity index is 1.19. The molecule has 0 atom stereocenters. The fourth-order valence-electron chi connectivity index (χ4n) is 7.71. The van der Waals surface area contributed by atoms with Gasteiger partial charge in [0.1, 0.15) is 4.32 Å². The molecule has 0 unspecified atom stereocenters. The lowest BCUT2D eigenvalue weighted by atomic mass is 9.49. The predicted molar refractivity (Wildman–Crippen MR) is 141 cm³/mol. The van der Waals surface area contributed by atoms with Gasteiger partial charge in [-0.05, 0) is 92.9 Å². The molecule has 6 aliphatic rings. The highest BCUT2D eigenvalue weighted by molar-refractivity contribution is 8.26. The largest absolute Gasteiger partial charge is 0.493 e. The molecule has 1 aliphatic heterocycles. The van der Waals surface area contributed by atoms with Gasteiger partial charge in [0.15, 0.2) is 11.5 Å². The second-order valence-corrected chi connectivity index (χ2v) is 13.0. The molecule has 5 aliphatic carbocycles. The number of thioether (sulfide) groups is 1. The van der Waals surface area contributed by atoms with Crippen LogP contribution in [0.1, 0.15) is 76.2 Å². The van der Waals surface area contributed by atoms with Gasteiger partial charge < -0.3 is 9.47 Å². The first kappa shape index (κ1) is 23.5. The van der Waals surface area contributed by atoms with Crippen LogP contribution in [-0.2, 0) is 9.59 Å². The van der Waals surface area contributed by atoms with E-state index in [1.807, 2.05) is 23.1 Å². The number of ether oxygens (including phenoxy) is 2. The summed E-state index contributed by atoms with van der Waals surface area (Å²) < 4.78 is 12.2. The third kappa shape index (κ3) is 4.33. The molecular weight excluding hydrogens is 478 g/mol. The van der Waals surface area contributed by atoms with Crippen molar-refractivity contribution in [1.82, 2.24) is 4.90 Å². The fraction of sp³-hybridized carbons (Fsp3) is 0.607. The second kappa shape index (κ2) is 9.22. The van der Waals surface area contributed by atoms with Crippen LogP contribution in [0.25, 0.3) is 6.08 Å². The van der Waals surface area contributed by atoms with Crippen LogP contribution < -0.4 is 9.47 Å². The molecule has 1 aromatic rings. The normalized spacial score (nSPS) is 33.6. The third-order valence-corrected chi connectivity index (χ3v) is 10.3. The molecule has 1 heterocycles. The van der Waals surface area contributed by atoms with Crippen molar-refractivity contribution >= 4 is 46.3 Å². The Morgan fingerprint density at radius 3 is 2.34 bits per heavy atom. The van der Waals surface area contributed by atoms with E-state index in [9.17, 15) is 9.59 Å². The predicted octanol–water partition coefficient (Wildman–Crippen LogP) is 6.35. The molecule has 5 saturated carbocycles. The minimum atomic E-state index is -0.314. The molecule has 0 radical (unpaired) electrons. The van der Waals surface area contributed by atoms with Crippen LogP contribution >= 0.6 is 24.0 Å². The number of rotatable bonds is 5. The van der Waals surface area contributed by atoms with Gasteiger partial charge in [-0.1, -0.05) is 49.3 Å². The zero-order valence-corrected chi connectivity index (χ0v) is 21.9. The summed E-state index contributed by atoms with van der Waals surface area (Å²) in [5, 5.41) is 0. The van der Waals surface area contributed by atoms with Crippen LogP contribution in [0, 0.1) is 23.2 Å². The highest BCUT2D eigenvalue weighted by Gasteiger charge is 2.55. The number of amides is 1. The van der Waals surface area contributed by atoms with E-state index in [1.54, 1.807) is 13.2 Å². The highest BCUT2D eigenvalue weighted by atomic mass is 32.2. The lowest BCUT2D eigenvalue weighted by molar-refractivity contribution is -0.161. The average molecular weight is 512 g/mol. The molecule has 1 aromatic carbocycles. The molecule has 0 spiro atoms. The summed E-state index contributed by atoms with van der Waals surface area (Å²) >= 11 is 6.94. The number of esters is 1. The van der Waals surface area contributed by atoms with Gasteiger partial charge in [-0.25, -0.2) is 0 Å². The summed E-state index contributed by atoms with van der Waals surface area (Å²) in [6.07, 6.45) is 14.3. The molecule has 186 valence electrons. The second-order valence-electron chi connectivity index (χ2n) is 11.3. The Labute approximate surface area is 217 Å². The Morgan fingerprint density at radius 1 is 1.06 bits per heavy atom. The minimum Gasteiger partial charge on any atom is -0.493 e. The molecule has 7 rings (SSSR count). The van der Waals surface area contributed by atoms with E-state index in [1.165, 1.54) is 37.4 Å². The summed E-state index contributed by atoms with van der Waals surface area (Å²) in [7, 11) is 1.59. The maximum atomic E-state index is 13.4. The van der Waals surface area contributed by atoms with Crippen molar-refractivity contribution in [3.8, 4) is 11.5 Å². The van der Waals surface area contributed by atoms with Crippen LogP contribution in [-0.4, -0.2) is 34.2 Å². The topological polar surface area (TPSA) is 55.8 Å². The third-order valence-electron chi connectivity index (χ3n) is 8.92. The molecule has 1 saturated heterocycles. The van der Waals surface area contributed by atoms with Gasteiger partial charge >= 0.3 is 5.97 Å². The first-order valence-corrected chi connectivity index (χ1v) is 14.3. The van der Waals surface area contributed by atoms with E-state index in [4.69, 9.17) is 21.7 Å². The summed E-state index contributed by atoms with van der Waals surface area (Å²) in [4.78, 5) is 29.0. The monoisotopic (exact) mass is 511 g/mol. The van der Waals surface area contributed by atoms with Crippen molar-refractivity contribution in [3.05, 3.63) is 28.7 Å². The number of benzene rings is 1. The van der Waals surface area contributed by atoms with Crippen LogP contribution in [0.15, 0.2) is 23.1 Å². The van der Waals surface area contributed by atoms with Gasteiger partial charge in [0.05, 0.1) is 17.4 Å². The molecule has 1 amide bonds. The van der Waals surface area contributed by atoms with E-state index in [0.717, 1.165) is 50.5 Å². The van der Waals surface area contributed by atoms with Crippen molar-refractivity contribution in [3.63, 3.8) is 0 Å². The maximum Gasteiger partial charge on any atom is 0.317 e. The Kier molecular flexibility index (Phi) is 6.20. The molecule has 4 bridgehead atoms. The number of hydrogen-bond donors (Lipinski definition) is 0. The number of carbonyl (C=O) groups is 2. The summed E-state index contributed by atoms with van der Waals surface area (Å²) in [6.45, 7) is 0. The van der Waals surface area contributed by atoms with Gasteiger partial charge in [0.2, 0.25) is 0 Å². The Hall–Kier alpha value is -1.86. The van der Waals surface area contributed by atoms with Gasteiger partial charge in [-0.3, -0.25) is 14.5 Å². The number of hydrogen-bond acceptors (Lipinski definition) is 6. The Bertz CT molecular complexity index is 1060. The number of carbonyl (C=O) groups excluding carboxylic acids is 2. The number of nitrogens with zero attached hydrogens (tertiary/aromatic N) is 1. The SMILES string of the molecule is COc1cc(/C=C2\SC(=S)N(C3CCCCC3)C2=O)ccc1OC(=O)C12CC3CC(CC(C3)C1)C2. The van der Waals surface area contributed by atoms with Crippen molar-refractivity contribution in [2.75, 3.05) is 7.11 Å². The van der Waals surface area contributed by atoms with E-state index in [-0.39, 0.29) is 23.3 Å². The van der Waals surface area contributed by atoms with Crippen LogP contribution in [0.5, 0.6) is 11.5 Å². The van der Waals surface area contributed by atoms with Gasteiger partial charge in [0, 0.05) is 6.04 Å². The maximum absolute atomic E-state index is 13.4. The quantitative estimate of drug-likeness (QED) is 0.199. The van der Waals surface area contributed by atoms with Crippen molar-refractivity contribution in [2.45, 2.75) is 76.7 Å². The minimum absolute atomic E-state index is 0.00295. The van der Waals surface area contributed by atoms with Crippen LogP contribution in [0.3, 0.4) is 0 Å². The first-order valence-electron chi connectivity index (χ1n) is 13.1. The van der Waals surface area contributed by atoms with Gasteiger partial charge in [-0.2, -0.15) is 0 Å². The molecule has 7 heteroatoms. The standard InChI is InChI=1S/C28H33NO4S2/c1-32-23-12-17(13-24-25(30)29(27(34)35-24)21-5-3-2-4-6-21)7-8-22(23)33-26(31)28-14-18-9-19(15-28)11-20(10-18)16-28/h7-8,12-13,18-21H,2-6,9-11,14-16H2,1H3/b24-13-. The average Bonchev–Trinajstić information content (AvgIpc) is 3.12. The van der Waals surface area contributed by atoms with Crippen molar-refractivity contribution < 1.29 is 19.1 Å². The molecular formula is C28H33NO4S2.